The van der Waals surface area contributed by atoms with E-state index in [1.807, 2.05) is 62.4 Å². The molecule has 38 heavy (non-hydrogen) atoms. The fraction of sp³-hybridized carbons (Fsp3) is 0.226. The highest BCUT2D eigenvalue weighted by Gasteiger charge is 2.17. The first-order chi connectivity index (χ1) is 18.5. The Labute approximate surface area is 222 Å². The Bertz CT molecular complexity index is 1490. The van der Waals surface area contributed by atoms with Crippen LogP contribution < -0.4 is 10.1 Å². The van der Waals surface area contributed by atoms with Crippen LogP contribution in [0.2, 0.25) is 0 Å². The highest BCUT2D eigenvalue weighted by atomic mass is 16.5. The fourth-order valence-corrected chi connectivity index (χ4v) is 4.44. The van der Waals surface area contributed by atoms with E-state index in [0.717, 1.165) is 35.5 Å². The number of aromatic nitrogens is 2. The topological polar surface area (TPSA) is 83.4 Å². The average Bonchev–Trinajstić information content (AvgIpc) is 3.55. The molecule has 0 spiro atoms. The Hall–Kier alpha value is -4.36. The van der Waals surface area contributed by atoms with Crippen LogP contribution in [-0.2, 0) is 19.5 Å². The number of nitrogens with zero attached hydrogens (tertiary/aromatic N) is 2. The van der Waals surface area contributed by atoms with Crippen molar-refractivity contribution in [2.45, 2.75) is 39.4 Å². The molecular weight excluding hydrogens is 476 g/mol. The molecule has 2 aromatic heterocycles. The number of amides is 1. The molecule has 5 rings (SSSR count). The average molecular weight is 509 g/mol. The molecule has 2 heterocycles. The highest BCUT2D eigenvalue weighted by molar-refractivity contribution is 5.92. The molecule has 0 fully saturated rings. The van der Waals surface area contributed by atoms with E-state index < -0.39 is 0 Å². The summed E-state index contributed by atoms with van der Waals surface area (Å²) in [6, 6.07) is 26.2. The van der Waals surface area contributed by atoms with Crippen molar-refractivity contribution in [3.8, 4) is 11.5 Å². The Morgan fingerprint density at radius 1 is 1.00 bits per heavy atom. The Balaban J connectivity index is 1.33. The summed E-state index contributed by atoms with van der Waals surface area (Å²) in [5.74, 6) is 1.86. The number of carbonyl (C=O) groups excluding carboxylic acids is 1. The van der Waals surface area contributed by atoms with Crippen LogP contribution in [0.15, 0.2) is 95.7 Å². The molecule has 0 radical (unpaired) electrons. The van der Waals surface area contributed by atoms with E-state index in [1.165, 1.54) is 17.2 Å². The first kappa shape index (κ1) is 25.3. The lowest BCUT2D eigenvalue weighted by Crippen LogP contribution is -2.30. The molecule has 1 amide bonds. The van der Waals surface area contributed by atoms with Crippen molar-refractivity contribution in [1.29, 1.82) is 0 Å². The van der Waals surface area contributed by atoms with Gasteiger partial charge in [0.2, 0.25) is 5.89 Å². The summed E-state index contributed by atoms with van der Waals surface area (Å²) in [5, 5.41) is 4.09. The maximum Gasteiger partial charge on any atom is 0.273 e. The van der Waals surface area contributed by atoms with E-state index in [9.17, 15) is 4.79 Å². The number of H-pyrrole nitrogens is 1. The Morgan fingerprint density at radius 2 is 1.79 bits per heavy atom. The van der Waals surface area contributed by atoms with E-state index in [0.29, 0.717) is 24.7 Å². The minimum Gasteiger partial charge on any atom is -0.457 e. The molecule has 0 saturated heterocycles. The number of nitrogens with one attached hydrogen (secondary N) is 2. The van der Waals surface area contributed by atoms with Gasteiger partial charge in [0.25, 0.3) is 5.91 Å². The Kier molecular flexibility index (Phi) is 7.85. The van der Waals surface area contributed by atoms with Crippen molar-refractivity contribution in [2.24, 2.45) is 0 Å². The number of hydrogen-bond donors (Lipinski definition) is 2. The minimum absolute atomic E-state index is 0.0284. The van der Waals surface area contributed by atoms with Crippen LogP contribution >= 0.6 is 0 Å². The number of hydrogen-bond acceptors (Lipinski definition) is 5. The second-order valence-corrected chi connectivity index (χ2v) is 9.64. The summed E-state index contributed by atoms with van der Waals surface area (Å²) < 4.78 is 11.8. The maximum absolute atomic E-state index is 12.4. The van der Waals surface area contributed by atoms with E-state index in [4.69, 9.17) is 9.15 Å². The van der Waals surface area contributed by atoms with Crippen LogP contribution in [0.4, 0.5) is 0 Å². The molecule has 7 nitrogen and oxygen atoms in total. The number of benzene rings is 3. The standard InChI is InChI=1S/C31H32N4O3/c1-22(2)33-31(36)29-21-37-30(34-29)20-35(16-15-24-18-32-28-14-7-6-13-27(24)28)19-23-9-8-12-26(17-23)38-25-10-4-3-5-11-25/h3-14,17-18,21-22,32H,15-16,19-20H2,1-2H3,(H,33,36). The number of oxazole rings is 1. The number of ether oxygens (including phenoxy) is 1. The van der Waals surface area contributed by atoms with Gasteiger partial charge in [-0.1, -0.05) is 48.5 Å². The van der Waals surface area contributed by atoms with Gasteiger partial charge in [0, 0.05) is 36.2 Å². The van der Waals surface area contributed by atoms with Crippen LogP contribution in [0.25, 0.3) is 10.9 Å². The number of fused-ring (bicyclic) bond motifs is 1. The first-order valence-electron chi connectivity index (χ1n) is 12.9. The molecule has 2 N–H and O–H groups in total. The SMILES string of the molecule is CC(C)NC(=O)c1coc(CN(CCc2c[nH]c3ccccc23)Cc2cccc(Oc3ccccc3)c2)n1. The van der Waals surface area contributed by atoms with Crippen molar-refractivity contribution < 1.29 is 13.9 Å². The molecule has 0 bridgehead atoms. The Morgan fingerprint density at radius 3 is 2.63 bits per heavy atom. The van der Waals surface area contributed by atoms with Crippen molar-refractivity contribution in [3.63, 3.8) is 0 Å². The molecule has 194 valence electrons. The zero-order chi connectivity index (χ0) is 26.3. The molecule has 0 saturated carbocycles. The number of para-hydroxylation sites is 2. The zero-order valence-electron chi connectivity index (χ0n) is 21.7. The van der Waals surface area contributed by atoms with E-state index in [1.54, 1.807) is 0 Å². The summed E-state index contributed by atoms with van der Waals surface area (Å²) in [6.07, 6.45) is 4.36. The summed E-state index contributed by atoms with van der Waals surface area (Å²) in [6.45, 7) is 5.76. The van der Waals surface area contributed by atoms with Gasteiger partial charge >= 0.3 is 0 Å². The molecule has 0 aliphatic rings. The van der Waals surface area contributed by atoms with E-state index in [2.05, 4.69) is 56.7 Å². The summed E-state index contributed by atoms with van der Waals surface area (Å²) in [4.78, 5) is 22.5. The summed E-state index contributed by atoms with van der Waals surface area (Å²) in [5.41, 5.74) is 3.80. The van der Waals surface area contributed by atoms with Crippen molar-refractivity contribution in [3.05, 3.63) is 114 Å². The van der Waals surface area contributed by atoms with Crippen molar-refractivity contribution in [1.82, 2.24) is 20.2 Å². The van der Waals surface area contributed by atoms with Crippen LogP contribution in [0, 0.1) is 0 Å². The molecule has 0 unspecified atom stereocenters. The molecule has 0 aliphatic carbocycles. The normalized spacial score (nSPS) is 11.4. The smallest absolute Gasteiger partial charge is 0.273 e. The van der Waals surface area contributed by atoms with Gasteiger partial charge < -0.3 is 19.5 Å². The van der Waals surface area contributed by atoms with Crippen LogP contribution in [0.3, 0.4) is 0 Å². The van der Waals surface area contributed by atoms with Crippen molar-refractivity contribution in [2.75, 3.05) is 6.54 Å². The second kappa shape index (κ2) is 11.8. The lowest BCUT2D eigenvalue weighted by molar-refractivity contribution is 0.0938. The van der Waals surface area contributed by atoms with Gasteiger partial charge in [-0.2, -0.15) is 0 Å². The van der Waals surface area contributed by atoms with Gasteiger partial charge in [0.05, 0.1) is 6.54 Å². The predicted octanol–water partition coefficient (Wildman–Crippen LogP) is 6.33. The minimum atomic E-state index is -0.230. The fourth-order valence-electron chi connectivity index (χ4n) is 4.44. The summed E-state index contributed by atoms with van der Waals surface area (Å²) >= 11 is 0. The third-order valence-corrected chi connectivity index (χ3v) is 6.22. The van der Waals surface area contributed by atoms with Crippen LogP contribution in [0.1, 0.15) is 41.4 Å². The van der Waals surface area contributed by atoms with Crippen LogP contribution in [0.5, 0.6) is 11.5 Å². The predicted molar refractivity (Wildman–Crippen MR) is 148 cm³/mol. The molecule has 7 heteroatoms. The van der Waals surface area contributed by atoms with Crippen LogP contribution in [-0.4, -0.2) is 33.4 Å². The number of rotatable bonds is 11. The molecule has 3 aromatic carbocycles. The number of carbonyl (C=O) groups is 1. The van der Waals surface area contributed by atoms with E-state index in [-0.39, 0.29) is 11.9 Å². The monoisotopic (exact) mass is 508 g/mol. The zero-order valence-corrected chi connectivity index (χ0v) is 21.7. The van der Waals surface area contributed by atoms with Gasteiger partial charge in [0.15, 0.2) is 5.69 Å². The first-order valence-corrected chi connectivity index (χ1v) is 12.9. The van der Waals surface area contributed by atoms with Gasteiger partial charge in [-0.25, -0.2) is 4.98 Å². The van der Waals surface area contributed by atoms with Gasteiger partial charge in [0.1, 0.15) is 17.8 Å². The molecule has 0 aliphatic heterocycles. The lowest BCUT2D eigenvalue weighted by Gasteiger charge is -2.21. The van der Waals surface area contributed by atoms with Gasteiger partial charge in [-0.3, -0.25) is 9.69 Å². The van der Waals surface area contributed by atoms with Gasteiger partial charge in [-0.15, -0.1) is 0 Å². The second-order valence-electron chi connectivity index (χ2n) is 9.64. The van der Waals surface area contributed by atoms with Crippen molar-refractivity contribution >= 4 is 16.8 Å². The molecular formula is C31H32N4O3. The maximum atomic E-state index is 12.4. The third-order valence-electron chi connectivity index (χ3n) is 6.22. The highest BCUT2D eigenvalue weighted by Crippen LogP contribution is 2.24. The molecule has 5 aromatic rings. The quantitative estimate of drug-likeness (QED) is 0.218. The van der Waals surface area contributed by atoms with Gasteiger partial charge in [-0.05, 0) is 61.7 Å². The largest absolute Gasteiger partial charge is 0.457 e. The number of aromatic amines is 1. The van der Waals surface area contributed by atoms with E-state index >= 15 is 0 Å². The summed E-state index contributed by atoms with van der Waals surface area (Å²) in [7, 11) is 0. The third kappa shape index (κ3) is 6.49. The lowest BCUT2D eigenvalue weighted by atomic mass is 10.1. The molecule has 0 atom stereocenters.